The van der Waals surface area contributed by atoms with Crippen LogP contribution in [0.3, 0.4) is 0 Å². The smallest absolute Gasteiger partial charge is 0.416 e. The van der Waals surface area contributed by atoms with Gasteiger partial charge in [0.25, 0.3) is 0 Å². The van der Waals surface area contributed by atoms with Crippen LogP contribution in [-0.2, 0) is 28.7 Å². The van der Waals surface area contributed by atoms with Crippen molar-refractivity contribution < 1.29 is 27.2 Å². The van der Waals surface area contributed by atoms with E-state index in [4.69, 9.17) is 21.8 Å². The summed E-state index contributed by atoms with van der Waals surface area (Å²) in [5.41, 5.74) is 4.12. The molecule has 0 spiro atoms. The Kier molecular flexibility index (Phi) is 7.46. The molecule has 0 aliphatic carbocycles. The molecule has 0 saturated heterocycles. The molecular formula is C19H17ClF3N5O3S. The number of thioether (sulfide) groups is 1. The first kappa shape index (κ1) is 23.7. The Labute approximate surface area is 189 Å². The first-order chi connectivity index (χ1) is 15.1. The molecule has 0 atom stereocenters. The van der Waals surface area contributed by atoms with E-state index in [1.54, 1.807) is 16.7 Å². The molecule has 0 saturated carbocycles. The monoisotopic (exact) mass is 487 g/mol. The maximum atomic E-state index is 12.9. The van der Waals surface area contributed by atoms with Crippen molar-refractivity contribution in [2.45, 2.75) is 30.7 Å². The predicted octanol–water partition coefficient (Wildman–Crippen LogP) is 3.74. The van der Waals surface area contributed by atoms with Crippen LogP contribution in [0.2, 0.25) is 5.02 Å². The molecule has 2 amide bonds. The van der Waals surface area contributed by atoms with E-state index in [9.17, 15) is 22.8 Å². The lowest BCUT2D eigenvalue weighted by Crippen LogP contribution is -2.16. The summed E-state index contributed by atoms with van der Waals surface area (Å²) in [5.74, 6) is -0.165. The fourth-order valence-corrected chi connectivity index (χ4v) is 3.60. The van der Waals surface area contributed by atoms with Gasteiger partial charge in [-0.05, 0) is 30.3 Å². The Morgan fingerprint density at radius 2 is 2.03 bits per heavy atom. The first-order valence-corrected chi connectivity index (χ1v) is 10.5. The Balaban J connectivity index is 1.71. The summed E-state index contributed by atoms with van der Waals surface area (Å²) in [5, 5.41) is 10.8. The number of nitrogens with two attached hydrogens (primary N) is 1. The second-order valence-corrected chi connectivity index (χ2v) is 7.91. The number of carbonyl (C=O) groups is 2. The molecule has 1 aromatic carbocycles. The van der Waals surface area contributed by atoms with Crippen molar-refractivity contribution in [1.82, 2.24) is 14.8 Å². The van der Waals surface area contributed by atoms with Crippen LogP contribution in [-0.4, -0.2) is 32.3 Å². The highest BCUT2D eigenvalue weighted by atomic mass is 35.5. The van der Waals surface area contributed by atoms with Crippen LogP contribution in [0, 0.1) is 0 Å². The van der Waals surface area contributed by atoms with Crippen molar-refractivity contribution in [2.75, 3.05) is 11.1 Å². The largest absolute Gasteiger partial charge is 0.467 e. The van der Waals surface area contributed by atoms with Crippen molar-refractivity contribution in [3.8, 4) is 0 Å². The molecular weight excluding hydrogens is 471 g/mol. The van der Waals surface area contributed by atoms with E-state index in [0.717, 1.165) is 30.0 Å². The Bertz CT molecular complexity index is 1100. The molecule has 3 aromatic rings. The third-order valence-electron chi connectivity index (χ3n) is 4.18. The quantitative estimate of drug-likeness (QED) is 0.444. The van der Waals surface area contributed by atoms with E-state index in [-0.39, 0.29) is 35.8 Å². The Morgan fingerprint density at radius 3 is 2.69 bits per heavy atom. The Hall–Kier alpha value is -2.99. The number of primary amides is 1. The van der Waals surface area contributed by atoms with Gasteiger partial charge in [-0.2, -0.15) is 13.2 Å². The number of carbonyl (C=O) groups excluding carboxylic acids is 2. The van der Waals surface area contributed by atoms with E-state index < -0.39 is 23.6 Å². The van der Waals surface area contributed by atoms with Gasteiger partial charge in [-0.15, -0.1) is 10.2 Å². The number of rotatable bonds is 9. The van der Waals surface area contributed by atoms with Gasteiger partial charge in [-0.3, -0.25) is 14.2 Å². The molecule has 3 rings (SSSR count). The maximum Gasteiger partial charge on any atom is 0.416 e. The normalized spacial score (nSPS) is 11.5. The number of halogens is 4. The minimum atomic E-state index is -4.57. The highest BCUT2D eigenvalue weighted by Gasteiger charge is 2.31. The average molecular weight is 488 g/mol. The lowest BCUT2D eigenvalue weighted by Gasteiger charge is -2.12. The summed E-state index contributed by atoms with van der Waals surface area (Å²) in [4.78, 5) is 23.5. The molecule has 13 heteroatoms. The minimum Gasteiger partial charge on any atom is -0.467 e. The van der Waals surface area contributed by atoms with Crippen LogP contribution in [0.1, 0.15) is 23.6 Å². The van der Waals surface area contributed by atoms with E-state index >= 15 is 0 Å². The highest BCUT2D eigenvalue weighted by Crippen LogP contribution is 2.34. The third kappa shape index (κ3) is 6.26. The molecule has 0 aliphatic heterocycles. The van der Waals surface area contributed by atoms with Gasteiger partial charge in [0.2, 0.25) is 11.8 Å². The average Bonchev–Trinajstić information content (AvgIpc) is 3.36. The first-order valence-electron chi connectivity index (χ1n) is 9.15. The molecule has 170 valence electrons. The molecule has 3 N–H and O–H groups in total. The zero-order chi connectivity index (χ0) is 23.3. The number of aryl methyl sites for hydroxylation is 1. The van der Waals surface area contributed by atoms with Crippen LogP contribution in [0.15, 0.2) is 46.2 Å². The van der Waals surface area contributed by atoms with Gasteiger partial charge in [0.15, 0.2) is 5.16 Å². The fraction of sp³-hybridized carbons (Fsp3) is 0.263. The summed E-state index contributed by atoms with van der Waals surface area (Å²) in [6.07, 6.45) is -2.75. The second-order valence-electron chi connectivity index (χ2n) is 6.56. The van der Waals surface area contributed by atoms with Gasteiger partial charge in [-0.25, -0.2) is 0 Å². The minimum absolute atomic E-state index is 0.0222. The zero-order valence-corrected chi connectivity index (χ0v) is 17.9. The summed E-state index contributed by atoms with van der Waals surface area (Å²) in [6, 6.07) is 6.12. The van der Waals surface area contributed by atoms with Gasteiger partial charge in [-0.1, -0.05) is 23.4 Å². The lowest BCUT2D eigenvalue weighted by molar-refractivity contribution is -0.137. The number of amides is 2. The van der Waals surface area contributed by atoms with Crippen molar-refractivity contribution in [3.63, 3.8) is 0 Å². The van der Waals surface area contributed by atoms with Crippen LogP contribution >= 0.6 is 23.4 Å². The van der Waals surface area contributed by atoms with Crippen LogP contribution in [0.25, 0.3) is 0 Å². The van der Waals surface area contributed by atoms with Gasteiger partial charge in [0.1, 0.15) is 11.6 Å². The van der Waals surface area contributed by atoms with Crippen LogP contribution in [0.5, 0.6) is 0 Å². The van der Waals surface area contributed by atoms with E-state index in [1.165, 1.54) is 6.26 Å². The van der Waals surface area contributed by atoms with Crippen molar-refractivity contribution in [3.05, 3.63) is 58.8 Å². The standard InChI is InChI=1S/C19H17ClF3N5O3S/c20-13-4-3-11(19(21,22)23)8-14(13)25-17(30)10-32-18-27-26-16(6-5-15(24)29)28(18)9-12-2-1-7-31-12/h1-4,7-8H,5-6,9-10H2,(H2,24,29)(H,25,30). The second kappa shape index (κ2) is 10.1. The summed E-state index contributed by atoms with van der Waals surface area (Å²) >= 11 is 6.93. The molecule has 0 unspecified atom stereocenters. The van der Waals surface area contributed by atoms with E-state index in [0.29, 0.717) is 16.7 Å². The number of alkyl halides is 3. The number of hydrogen-bond acceptors (Lipinski definition) is 6. The number of hydrogen-bond donors (Lipinski definition) is 2. The molecule has 2 heterocycles. The molecule has 0 radical (unpaired) electrons. The number of benzene rings is 1. The molecule has 0 bridgehead atoms. The zero-order valence-electron chi connectivity index (χ0n) is 16.4. The van der Waals surface area contributed by atoms with Gasteiger partial charge < -0.3 is 15.5 Å². The van der Waals surface area contributed by atoms with E-state index in [1.807, 2.05) is 0 Å². The Morgan fingerprint density at radius 1 is 1.25 bits per heavy atom. The fourth-order valence-electron chi connectivity index (χ4n) is 2.68. The number of anilines is 1. The maximum absolute atomic E-state index is 12.9. The predicted molar refractivity (Wildman–Crippen MR) is 111 cm³/mol. The van der Waals surface area contributed by atoms with Crippen LogP contribution < -0.4 is 11.1 Å². The topological polar surface area (TPSA) is 116 Å². The van der Waals surface area contributed by atoms with E-state index in [2.05, 4.69) is 15.5 Å². The number of aromatic nitrogens is 3. The van der Waals surface area contributed by atoms with Gasteiger partial charge in [0.05, 0.1) is 34.8 Å². The summed E-state index contributed by atoms with van der Waals surface area (Å²) in [6.45, 7) is 0.261. The number of nitrogens with zero attached hydrogens (tertiary/aromatic N) is 3. The molecule has 0 aliphatic rings. The van der Waals surface area contributed by atoms with Crippen molar-refractivity contribution >= 4 is 40.9 Å². The third-order valence-corrected chi connectivity index (χ3v) is 5.48. The summed E-state index contributed by atoms with van der Waals surface area (Å²) < 4.78 is 45.7. The van der Waals surface area contributed by atoms with Crippen LogP contribution in [0.4, 0.5) is 18.9 Å². The molecule has 0 fully saturated rings. The van der Waals surface area contributed by atoms with Gasteiger partial charge >= 0.3 is 6.18 Å². The lowest BCUT2D eigenvalue weighted by atomic mass is 10.2. The number of furan rings is 1. The van der Waals surface area contributed by atoms with Crippen molar-refractivity contribution in [1.29, 1.82) is 0 Å². The highest BCUT2D eigenvalue weighted by molar-refractivity contribution is 7.99. The molecule has 2 aromatic heterocycles. The van der Waals surface area contributed by atoms with Gasteiger partial charge in [0, 0.05) is 12.8 Å². The molecule has 8 nitrogen and oxygen atoms in total. The molecule has 32 heavy (non-hydrogen) atoms. The van der Waals surface area contributed by atoms with Crippen molar-refractivity contribution in [2.24, 2.45) is 5.73 Å². The summed E-state index contributed by atoms with van der Waals surface area (Å²) in [7, 11) is 0. The number of nitrogens with one attached hydrogen (secondary N) is 1. The SMILES string of the molecule is NC(=O)CCc1nnc(SCC(=O)Nc2cc(C(F)(F)F)ccc2Cl)n1Cc1ccco1.